The van der Waals surface area contributed by atoms with Crippen molar-refractivity contribution in [1.29, 1.82) is 5.41 Å². The number of primary amides is 1. The second-order valence-corrected chi connectivity index (χ2v) is 8.46. The number of fused-ring (bicyclic) bond motifs is 3. The fourth-order valence-electron chi connectivity index (χ4n) is 3.72. The molecule has 0 saturated carbocycles. The number of nitrogens with two attached hydrogens (primary N) is 2. The Morgan fingerprint density at radius 2 is 2.15 bits per heavy atom. The second-order valence-electron chi connectivity index (χ2n) is 8.46. The van der Waals surface area contributed by atoms with Crippen LogP contribution in [0.5, 0.6) is 5.75 Å². The minimum absolute atomic E-state index is 0.156. The molecular formula is C25H26N6O3. The Kier molecular flexibility index (Phi) is 6.01. The smallest absolute Gasteiger partial charge is 0.269 e. The van der Waals surface area contributed by atoms with Crippen LogP contribution >= 0.6 is 0 Å². The van der Waals surface area contributed by atoms with Gasteiger partial charge in [-0.1, -0.05) is 11.8 Å². The number of nitrogens with zero attached hydrogens (tertiary/aromatic N) is 2. The van der Waals surface area contributed by atoms with E-state index in [1.54, 1.807) is 38.1 Å². The van der Waals surface area contributed by atoms with Gasteiger partial charge in [-0.25, -0.2) is 4.98 Å². The topological polar surface area (TPSA) is 152 Å². The molecule has 0 bridgehead atoms. The number of benzene rings is 2. The molecule has 2 aromatic carbocycles. The third kappa shape index (κ3) is 4.72. The molecule has 0 fully saturated rings. The van der Waals surface area contributed by atoms with Gasteiger partial charge in [0.25, 0.3) is 5.91 Å². The van der Waals surface area contributed by atoms with Gasteiger partial charge in [-0.05, 0) is 50.2 Å². The van der Waals surface area contributed by atoms with Crippen LogP contribution in [-0.4, -0.2) is 39.0 Å². The molecule has 1 aromatic heterocycles. The number of nitrogen functional groups attached to an aromatic ring is 1. The van der Waals surface area contributed by atoms with E-state index in [-0.39, 0.29) is 12.2 Å². The lowest BCUT2D eigenvalue weighted by Gasteiger charge is -2.13. The molecule has 2 heterocycles. The largest absolute Gasteiger partial charge is 0.491 e. The van der Waals surface area contributed by atoms with Crippen LogP contribution in [0.25, 0.3) is 11.4 Å². The summed E-state index contributed by atoms with van der Waals surface area (Å²) in [5.41, 5.74) is 14.5. The Morgan fingerprint density at radius 3 is 2.85 bits per heavy atom. The van der Waals surface area contributed by atoms with E-state index in [0.717, 1.165) is 0 Å². The first kappa shape index (κ1) is 22.9. The van der Waals surface area contributed by atoms with E-state index in [0.29, 0.717) is 58.5 Å². The first-order valence-electron chi connectivity index (χ1n) is 10.7. The lowest BCUT2D eigenvalue weighted by atomic mass is 10.1. The molecule has 4 rings (SSSR count). The highest BCUT2D eigenvalue weighted by Crippen LogP contribution is 2.34. The van der Waals surface area contributed by atoms with Crippen LogP contribution in [0.4, 0.5) is 11.4 Å². The number of hydrogen-bond donors (Lipinski definition) is 5. The van der Waals surface area contributed by atoms with Crippen LogP contribution in [0, 0.1) is 17.3 Å². The maximum absolute atomic E-state index is 12.3. The summed E-state index contributed by atoms with van der Waals surface area (Å²) in [5.74, 6) is 6.29. The van der Waals surface area contributed by atoms with Crippen molar-refractivity contribution in [2.75, 3.05) is 17.7 Å². The lowest BCUT2D eigenvalue weighted by Crippen LogP contribution is -2.18. The van der Waals surface area contributed by atoms with Crippen molar-refractivity contribution in [3.8, 4) is 29.0 Å². The van der Waals surface area contributed by atoms with Gasteiger partial charge in [0.05, 0.1) is 24.3 Å². The summed E-state index contributed by atoms with van der Waals surface area (Å²) < 4.78 is 7.82. The maximum Gasteiger partial charge on any atom is 0.269 e. The number of carbonyl (C=O) groups is 1. The van der Waals surface area contributed by atoms with Gasteiger partial charge in [-0.15, -0.1) is 0 Å². The molecule has 0 spiro atoms. The molecule has 1 aliphatic heterocycles. The van der Waals surface area contributed by atoms with Gasteiger partial charge < -0.3 is 36.6 Å². The molecule has 34 heavy (non-hydrogen) atoms. The van der Waals surface area contributed by atoms with Crippen LogP contribution in [0.1, 0.15) is 41.2 Å². The second kappa shape index (κ2) is 8.92. The molecule has 9 nitrogen and oxygen atoms in total. The number of aromatic nitrogens is 2. The molecule has 9 heteroatoms. The van der Waals surface area contributed by atoms with Crippen LogP contribution in [0.15, 0.2) is 36.4 Å². The predicted octanol–water partition coefficient (Wildman–Crippen LogP) is 2.36. The quantitative estimate of drug-likeness (QED) is 0.225. The Morgan fingerprint density at radius 1 is 1.35 bits per heavy atom. The van der Waals surface area contributed by atoms with Gasteiger partial charge in [0.2, 0.25) is 0 Å². The molecule has 3 aromatic rings. The minimum atomic E-state index is -1.13. The summed E-state index contributed by atoms with van der Waals surface area (Å²) in [5, 5.41) is 20.8. The van der Waals surface area contributed by atoms with E-state index in [1.807, 2.05) is 16.7 Å². The summed E-state index contributed by atoms with van der Waals surface area (Å²) in [6.07, 6.45) is 1.23. The molecule has 0 aliphatic carbocycles. The minimum Gasteiger partial charge on any atom is -0.491 e. The Bertz CT molecular complexity index is 1340. The van der Waals surface area contributed by atoms with E-state index in [2.05, 4.69) is 22.1 Å². The van der Waals surface area contributed by atoms with Crippen molar-refractivity contribution in [1.82, 2.24) is 9.55 Å². The molecule has 0 atom stereocenters. The molecule has 0 radical (unpaired) electrons. The summed E-state index contributed by atoms with van der Waals surface area (Å²) in [7, 11) is 0. The van der Waals surface area contributed by atoms with Gasteiger partial charge in [0, 0.05) is 28.7 Å². The normalized spacial score (nSPS) is 12.3. The molecule has 0 saturated heterocycles. The first-order valence-corrected chi connectivity index (χ1v) is 10.7. The van der Waals surface area contributed by atoms with Gasteiger partial charge in [0.1, 0.15) is 23.8 Å². The number of carbonyl (C=O) groups excluding carboxylic acids is 1. The highest BCUT2D eigenvalue weighted by Gasteiger charge is 2.26. The third-order valence-corrected chi connectivity index (χ3v) is 5.29. The zero-order valence-corrected chi connectivity index (χ0v) is 19.0. The van der Waals surface area contributed by atoms with E-state index in [4.69, 9.17) is 21.6 Å². The summed E-state index contributed by atoms with van der Waals surface area (Å²) >= 11 is 0. The zero-order chi connectivity index (χ0) is 24.5. The predicted molar refractivity (Wildman–Crippen MR) is 131 cm³/mol. The fourth-order valence-corrected chi connectivity index (χ4v) is 3.72. The Hall–Kier alpha value is -4.29. The highest BCUT2D eigenvalue weighted by atomic mass is 16.5. The molecule has 7 N–H and O–H groups in total. The number of nitrogens with one attached hydrogen (secondary N) is 2. The van der Waals surface area contributed by atoms with Crippen molar-refractivity contribution >= 4 is 23.5 Å². The van der Waals surface area contributed by atoms with Gasteiger partial charge in [-0.3, -0.25) is 4.79 Å². The number of amides is 1. The standard InChI is InChI=1S/C25H26N6O3/c1-25(2,33)8-7-15-3-6-21-18(11-15)24-30-22(23(28)32)20(31(24)9-10-34-21)14-29-19-12-17(27)5-4-16(19)13-26/h3-6,11-13,26,29,33H,9-10,14,27H2,1-2H3,(H2,28,32). The van der Waals surface area contributed by atoms with Crippen molar-refractivity contribution in [2.45, 2.75) is 32.5 Å². The van der Waals surface area contributed by atoms with Crippen molar-refractivity contribution < 1.29 is 14.6 Å². The zero-order valence-electron chi connectivity index (χ0n) is 19.0. The van der Waals surface area contributed by atoms with Gasteiger partial charge >= 0.3 is 0 Å². The molecule has 1 amide bonds. The average Bonchev–Trinajstić information content (AvgIpc) is 3.05. The van der Waals surface area contributed by atoms with Crippen LogP contribution in [0.2, 0.25) is 0 Å². The lowest BCUT2D eigenvalue weighted by molar-refractivity contribution is 0.0994. The van der Waals surface area contributed by atoms with E-state index >= 15 is 0 Å². The fraction of sp³-hybridized carbons (Fsp3) is 0.240. The Balaban J connectivity index is 1.78. The summed E-state index contributed by atoms with van der Waals surface area (Å²) in [6.45, 7) is 4.30. The van der Waals surface area contributed by atoms with Gasteiger partial charge in [0.15, 0.2) is 5.69 Å². The number of rotatable bonds is 5. The van der Waals surface area contributed by atoms with Crippen LogP contribution in [-0.2, 0) is 13.1 Å². The number of imidazole rings is 1. The maximum atomic E-state index is 12.3. The highest BCUT2D eigenvalue weighted by molar-refractivity contribution is 5.93. The molecule has 174 valence electrons. The molecule has 0 unspecified atom stereocenters. The average molecular weight is 459 g/mol. The van der Waals surface area contributed by atoms with E-state index in [1.165, 1.54) is 6.21 Å². The van der Waals surface area contributed by atoms with Gasteiger partial charge in [-0.2, -0.15) is 0 Å². The molecule has 1 aliphatic rings. The molecular weight excluding hydrogens is 432 g/mol. The number of hydrogen-bond acceptors (Lipinski definition) is 7. The monoisotopic (exact) mass is 458 g/mol. The van der Waals surface area contributed by atoms with Crippen LogP contribution < -0.4 is 21.5 Å². The SMILES string of the molecule is CC(C)(O)C#Cc1ccc2c(c1)-c1nc(C(N)=O)c(CNc3cc(N)ccc3C=N)n1CCO2. The summed E-state index contributed by atoms with van der Waals surface area (Å²) in [6, 6.07) is 10.6. The van der Waals surface area contributed by atoms with Crippen molar-refractivity contribution in [3.63, 3.8) is 0 Å². The van der Waals surface area contributed by atoms with E-state index < -0.39 is 11.5 Å². The number of aliphatic hydroxyl groups is 1. The van der Waals surface area contributed by atoms with E-state index in [9.17, 15) is 9.90 Å². The summed E-state index contributed by atoms with van der Waals surface area (Å²) in [4.78, 5) is 16.9. The first-order chi connectivity index (χ1) is 16.2. The van der Waals surface area contributed by atoms with Crippen LogP contribution in [0.3, 0.4) is 0 Å². The third-order valence-electron chi connectivity index (χ3n) is 5.29. The van der Waals surface area contributed by atoms with Crippen molar-refractivity contribution in [3.05, 3.63) is 58.9 Å². The van der Waals surface area contributed by atoms with Crippen molar-refractivity contribution in [2.24, 2.45) is 5.73 Å². The number of anilines is 2. The number of ether oxygens (including phenoxy) is 1. The Labute approximate surface area is 197 Å².